The standard InChI is InChI=1S/C15H22Br2N2/c1-15(5-7-19(2)8-6-15)11-18-10-12-3-4-13(16)14(17)9-12/h3-4,9,18H,5-8,10-11H2,1-2H3. The van der Waals surface area contributed by atoms with E-state index in [4.69, 9.17) is 0 Å². The second-order valence-electron chi connectivity index (χ2n) is 5.97. The molecule has 0 radical (unpaired) electrons. The molecular weight excluding hydrogens is 368 g/mol. The summed E-state index contributed by atoms with van der Waals surface area (Å²) in [6.45, 7) is 6.90. The third-order valence-corrected chi connectivity index (χ3v) is 5.94. The van der Waals surface area contributed by atoms with Gasteiger partial charge in [-0.3, -0.25) is 0 Å². The van der Waals surface area contributed by atoms with Crippen LogP contribution in [0.2, 0.25) is 0 Å². The van der Waals surface area contributed by atoms with E-state index in [9.17, 15) is 0 Å². The Kier molecular flexibility index (Phi) is 5.46. The lowest BCUT2D eigenvalue weighted by Gasteiger charge is -2.38. The fraction of sp³-hybridized carbons (Fsp3) is 0.600. The number of benzene rings is 1. The predicted molar refractivity (Wildman–Crippen MR) is 88.4 cm³/mol. The molecule has 0 saturated carbocycles. The van der Waals surface area contributed by atoms with Crippen LogP contribution in [0.3, 0.4) is 0 Å². The molecule has 0 amide bonds. The van der Waals surface area contributed by atoms with E-state index >= 15 is 0 Å². The van der Waals surface area contributed by atoms with Gasteiger partial charge in [-0.25, -0.2) is 0 Å². The summed E-state index contributed by atoms with van der Waals surface area (Å²) in [5, 5.41) is 3.62. The maximum absolute atomic E-state index is 3.62. The van der Waals surface area contributed by atoms with Gasteiger partial charge in [0.25, 0.3) is 0 Å². The van der Waals surface area contributed by atoms with Gasteiger partial charge in [0.15, 0.2) is 0 Å². The summed E-state index contributed by atoms with van der Waals surface area (Å²) < 4.78 is 2.23. The highest BCUT2D eigenvalue weighted by atomic mass is 79.9. The highest BCUT2D eigenvalue weighted by molar-refractivity contribution is 9.13. The van der Waals surface area contributed by atoms with E-state index in [1.807, 2.05) is 0 Å². The van der Waals surface area contributed by atoms with Crippen LogP contribution in [-0.2, 0) is 6.54 Å². The van der Waals surface area contributed by atoms with Crippen molar-refractivity contribution in [3.05, 3.63) is 32.7 Å². The van der Waals surface area contributed by atoms with Crippen molar-refractivity contribution in [2.75, 3.05) is 26.7 Å². The Balaban J connectivity index is 1.81. The second-order valence-corrected chi connectivity index (χ2v) is 7.67. The first-order valence-electron chi connectivity index (χ1n) is 6.82. The number of nitrogens with zero attached hydrogens (tertiary/aromatic N) is 1. The summed E-state index contributed by atoms with van der Waals surface area (Å²) in [6.07, 6.45) is 2.58. The largest absolute Gasteiger partial charge is 0.312 e. The number of piperidine rings is 1. The molecule has 0 spiro atoms. The van der Waals surface area contributed by atoms with Crippen molar-refractivity contribution in [1.29, 1.82) is 0 Å². The molecule has 0 unspecified atom stereocenters. The van der Waals surface area contributed by atoms with E-state index in [1.54, 1.807) is 0 Å². The summed E-state index contributed by atoms with van der Waals surface area (Å²) in [5.74, 6) is 0. The first-order valence-corrected chi connectivity index (χ1v) is 8.40. The molecule has 1 N–H and O–H groups in total. The maximum atomic E-state index is 3.62. The van der Waals surface area contributed by atoms with Crippen LogP contribution in [0.4, 0.5) is 0 Å². The molecule has 1 aromatic rings. The Hall–Kier alpha value is 0.1000. The average molecular weight is 390 g/mol. The van der Waals surface area contributed by atoms with Crippen molar-refractivity contribution in [2.24, 2.45) is 5.41 Å². The van der Waals surface area contributed by atoms with E-state index in [-0.39, 0.29) is 0 Å². The first kappa shape index (κ1) is 15.5. The quantitative estimate of drug-likeness (QED) is 0.835. The molecule has 2 rings (SSSR count). The summed E-state index contributed by atoms with van der Waals surface area (Å²) in [6, 6.07) is 6.44. The van der Waals surface area contributed by atoms with E-state index in [1.165, 1.54) is 31.5 Å². The van der Waals surface area contributed by atoms with Gasteiger partial charge in [-0.15, -0.1) is 0 Å². The zero-order valence-corrected chi connectivity index (χ0v) is 14.8. The molecule has 0 bridgehead atoms. The molecular formula is C15H22Br2N2. The lowest BCUT2D eigenvalue weighted by atomic mass is 9.80. The summed E-state index contributed by atoms with van der Waals surface area (Å²) >= 11 is 7.05. The van der Waals surface area contributed by atoms with Crippen molar-refractivity contribution < 1.29 is 0 Å². The molecule has 1 aliphatic rings. The monoisotopic (exact) mass is 388 g/mol. The Morgan fingerprint density at radius 2 is 1.89 bits per heavy atom. The third kappa shape index (κ3) is 4.55. The van der Waals surface area contributed by atoms with Gasteiger partial charge in [0.05, 0.1) is 0 Å². The van der Waals surface area contributed by atoms with Crippen LogP contribution in [-0.4, -0.2) is 31.6 Å². The third-order valence-electron chi connectivity index (χ3n) is 4.06. The molecule has 1 heterocycles. The number of hydrogen-bond donors (Lipinski definition) is 1. The number of likely N-dealkylation sites (tertiary alicyclic amines) is 1. The van der Waals surface area contributed by atoms with Gasteiger partial charge >= 0.3 is 0 Å². The van der Waals surface area contributed by atoms with Crippen LogP contribution in [0, 0.1) is 5.41 Å². The van der Waals surface area contributed by atoms with Crippen molar-refractivity contribution in [3.63, 3.8) is 0 Å². The van der Waals surface area contributed by atoms with Gasteiger partial charge in [0.2, 0.25) is 0 Å². The van der Waals surface area contributed by atoms with Crippen molar-refractivity contribution in [1.82, 2.24) is 10.2 Å². The van der Waals surface area contributed by atoms with E-state index in [2.05, 4.69) is 74.2 Å². The number of nitrogens with one attached hydrogen (secondary N) is 1. The lowest BCUT2D eigenvalue weighted by Crippen LogP contribution is -2.41. The smallest absolute Gasteiger partial charge is 0.0320 e. The maximum Gasteiger partial charge on any atom is 0.0320 e. The minimum atomic E-state index is 0.457. The van der Waals surface area contributed by atoms with Crippen LogP contribution >= 0.6 is 31.9 Å². The summed E-state index contributed by atoms with van der Waals surface area (Å²) in [7, 11) is 2.21. The molecule has 2 nitrogen and oxygen atoms in total. The molecule has 0 aliphatic carbocycles. The SMILES string of the molecule is CN1CCC(C)(CNCc2ccc(Br)c(Br)c2)CC1. The minimum Gasteiger partial charge on any atom is -0.312 e. The Morgan fingerprint density at radius 1 is 1.21 bits per heavy atom. The Morgan fingerprint density at radius 3 is 2.53 bits per heavy atom. The zero-order valence-electron chi connectivity index (χ0n) is 11.7. The van der Waals surface area contributed by atoms with Crippen LogP contribution in [0.1, 0.15) is 25.3 Å². The van der Waals surface area contributed by atoms with Crippen LogP contribution < -0.4 is 5.32 Å². The van der Waals surface area contributed by atoms with Gasteiger partial charge < -0.3 is 10.2 Å². The Bertz CT molecular complexity index is 426. The zero-order chi connectivity index (χ0) is 13.9. The van der Waals surface area contributed by atoms with Gasteiger partial charge in [0, 0.05) is 22.0 Å². The highest BCUT2D eigenvalue weighted by Crippen LogP contribution is 2.29. The number of hydrogen-bond acceptors (Lipinski definition) is 2. The molecule has 106 valence electrons. The van der Waals surface area contributed by atoms with Gasteiger partial charge in [0.1, 0.15) is 0 Å². The second kappa shape index (κ2) is 6.70. The number of rotatable bonds is 4. The minimum absolute atomic E-state index is 0.457. The van der Waals surface area contributed by atoms with Crippen LogP contribution in [0.15, 0.2) is 27.1 Å². The summed E-state index contributed by atoms with van der Waals surface area (Å²) in [4.78, 5) is 2.42. The van der Waals surface area contributed by atoms with Crippen molar-refractivity contribution in [3.8, 4) is 0 Å². The normalized spacial score (nSPS) is 19.6. The van der Waals surface area contributed by atoms with Gasteiger partial charge in [-0.2, -0.15) is 0 Å². The Labute approximate surface area is 133 Å². The average Bonchev–Trinajstić information content (AvgIpc) is 2.38. The van der Waals surface area contributed by atoms with Gasteiger partial charge in [-0.05, 0) is 87.9 Å². The van der Waals surface area contributed by atoms with E-state index in [0.717, 1.165) is 22.0 Å². The molecule has 19 heavy (non-hydrogen) atoms. The molecule has 1 fully saturated rings. The molecule has 1 aliphatic heterocycles. The first-order chi connectivity index (χ1) is 8.98. The highest BCUT2D eigenvalue weighted by Gasteiger charge is 2.28. The topological polar surface area (TPSA) is 15.3 Å². The van der Waals surface area contributed by atoms with Gasteiger partial charge in [-0.1, -0.05) is 13.0 Å². The van der Waals surface area contributed by atoms with E-state index in [0.29, 0.717) is 5.41 Å². The number of halogens is 2. The molecule has 1 aromatic carbocycles. The molecule has 4 heteroatoms. The van der Waals surface area contributed by atoms with Crippen molar-refractivity contribution in [2.45, 2.75) is 26.3 Å². The molecule has 0 atom stereocenters. The molecule has 0 aromatic heterocycles. The lowest BCUT2D eigenvalue weighted by molar-refractivity contribution is 0.137. The summed E-state index contributed by atoms with van der Waals surface area (Å²) in [5.41, 5.74) is 1.78. The van der Waals surface area contributed by atoms with Crippen LogP contribution in [0.5, 0.6) is 0 Å². The van der Waals surface area contributed by atoms with E-state index < -0.39 is 0 Å². The fourth-order valence-corrected chi connectivity index (χ4v) is 3.17. The molecule has 1 saturated heterocycles. The fourth-order valence-electron chi connectivity index (χ4n) is 2.49. The van der Waals surface area contributed by atoms with Crippen molar-refractivity contribution >= 4 is 31.9 Å². The predicted octanol–water partition coefficient (Wildman–Crippen LogP) is 4.03. The van der Waals surface area contributed by atoms with Crippen LogP contribution in [0.25, 0.3) is 0 Å².